The number of nitrogens with zero attached hydrogens (tertiary/aromatic N) is 3. The lowest BCUT2D eigenvalue weighted by Gasteiger charge is -2.46. The number of allylic oxidation sites excluding steroid dienone is 2. The zero-order valence-corrected chi connectivity index (χ0v) is 37.7. The Morgan fingerprint density at radius 1 is 0.809 bits per heavy atom. The molecule has 10 rings (SSSR count). The molecule has 6 atom stereocenters. The first kappa shape index (κ1) is 44.6. The number of imide groups is 1. The second-order valence-electron chi connectivity index (χ2n) is 17.7. The van der Waals surface area contributed by atoms with E-state index in [1.54, 1.807) is 42.5 Å². The highest BCUT2D eigenvalue weighted by atomic mass is 16.6. The Hall–Kier alpha value is -7.24. The molecule has 4 aliphatic heterocycles. The van der Waals surface area contributed by atoms with Crippen LogP contribution >= 0.6 is 0 Å². The number of methoxy groups -OCH3 is 1. The zero-order valence-electron chi connectivity index (χ0n) is 37.7. The highest BCUT2D eigenvalue weighted by molar-refractivity contribution is 6.24. The van der Waals surface area contributed by atoms with Crippen LogP contribution in [0.2, 0.25) is 0 Å². The minimum absolute atomic E-state index is 0.0249. The van der Waals surface area contributed by atoms with Gasteiger partial charge in [0.25, 0.3) is 0 Å². The van der Waals surface area contributed by atoms with Crippen LogP contribution in [0.3, 0.4) is 0 Å². The molecule has 2 N–H and O–H groups in total. The molecule has 3 saturated heterocycles. The van der Waals surface area contributed by atoms with Gasteiger partial charge in [-0.05, 0) is 108 Å². The number of amides is 3. The van der Waals surface area contributed by atoms with E-state index in [-0.39, 0.29) is 24.7 Å². The maximum atomic E-state index is 16.4. The lowest BCUT2D eigenvalue weighted by Crippen LogP contribution is -2.54. The number of carbonyl (C=O) groups is 4. The summed E-state index contributed by atoms with van der Waals surface area (Å²) in [6, 6.07) is 34.8. The predicted octanol–water partition coefficient (Wildman–Crippen LogP) is 8.17. The summed E-state index contributed by atoms with van der Waals surface area (Å²) in [5.41, 5.74) is 3.44. The molecule has 0 aromatic heterocycles. The number of rotatable bonds is 9. The third-order valence-corrected chi connectivity index (χ3v) is 13.8. The predicted molar refractivity (Wildman–Crippen MR) is 255 cm³/mol. The van der Waals surface area contributed by atoms with E-state index < -0.39 is 59.4 Å². The highest BCUT2D eigenvalue weighted by Gasteiger charge is 2.75. The molecule has 5 aromatic rings. The minimum atomic E-state index is -2.02. The van der Waals surface area contributed by atoms with Gasteiger partial charge in [0, 0.05) is 37.1 Å². The highest BCUT2D eigenvalue weighted by Crippen LogP contribution is 2.66. The molecule has 5 aromatic carbocycles. The zero-order chi connectivity index (χ0) is 46.8. The van der Waals surface area contributed by atoms with Gasteiger partial charge < -0.3 is 34.3 Å². The van der Waals surface area contributed by atoms with Crippen LogP contribution in [0, 0.1) is 17.8 Å². The van der Waals surface area contributed by atoms with Crippen molar-refractivity contribution in [1.82, 2.24) is 4.90 Å². The number of anilines is 3. The Morgan fingerprint density at radius 2 is 1.53 bits per heavy atom. The molecule has 1 aliphatic carbocycles. The largest absolute Gasteiger partial charge is 0.508 e. The fourth-order valence-electron chi connectivity index (χ4n) is 10.8. The van der Waals surface area contributed by atoms with Crippen LogP contribution in [0.15, 0.2) is 139 Å². The molecule has 3 amide bonds. The summed E-state index contributed by atoms with van der Waals surface area (Å²) in [4.78, 5) is 67.3. The van der Waals surface area contributed by atoms with E-state index in [0.29, 0.717) is 41.2 Å². The fourth-order valence-corrected chi connectivity index (χ4v) is 10.8. The topological polar surface area (TPSA) is 147 Å². The molecule has 0 bridgehead atoms. The van der Waals surface area contributed by atoms with Crippen LogP contribution in [0.4, 0.5) is 21.9 Å². The van der Waals surface area contributed by atoms with Crippen molar-refractivity contribution in [2.75, 3.05) is 61.7 Å². The monoisotopic (exact) mass is 912 g/mol. The summed E-state index contributed by atoms with van der Waals surface area (Å²) in [5, 5.41) is 13.9. The lowest BCUT2D eigenvalue weighted by atomic mass is 9.65. The number of esters is 1. The summed E-state index contributed by atoms with van der Waals surface area (Å²) in [7, 11) is 1.48. The van der Waals surface area contributed by atoms with Crippen molar-refractivity contribution in [1.29, 1.82) is 0 Å². The standard InChI is InChI=1S/C55H52N4O9/c1-65-33-34-67-54(64)58-45-28-19-37(18-17-36-11-5-2-6-12-36)35-44(45)55(53(58)63)46(51(61)56-41-22-24-42(25-23-41)57-29-31-66-32-30-57)48-52(62)68-49(39-15-9-4-10-16-39)47(38-13-7-3-8-14-38)59(48)50(55)40-20-26-43(60)27-21-40/h3-4,7-11,13-16,19-28,35,46-50,60H,2,5-6,12,29-34H2,1H3,(H,56,61)/t46-,47-,48-,49+,50+,55-/m1/s1. The molecule has 68 heavy (non-hydrogen) atoms. The molecule has 5 aliphatic rings. The number of cyclic esters (lactones) is 1. The minimum Gasteiger partial charge on any atom is -0.508 e. The smallest absolute Gasteiger partial charge is 0.421 e. The van der Waals surface area contributed by atoms with E-state index in [0.717, 1.165) is 60.5 Å². The molecule has 0 radical (unpaired) electrons. The first-order chi connectivity index (χ1) is 33.3. The first-order valence-corrected chi connectivity index (χ1v) is 23.2. The molecule has 1 spiro atoms. The molecule has 4 heterocycles. The molecule has 3 fully saturated rings. The van der Waals surface area contributed by atoms with Crippen molar-refractivity contribution in [3.63, 3.8) is 0 Å². The first-order valence-electron chi connectivity index (χ1n) is 23.2. The molecular weight excluding hydrogens is 861 g/mol. The maximum absolute atomic E-state index is 16.4. The number of phenols is 1. The van der Waals surface area contributed by atoms with Gasteiger partial charge in [-0.2, -0.15) is 0 Å². The number of benzene rings is 5. The molecular formula is C55H52N4O9. The van der Waals surface area contributed by atoms with Gasteiger partial charge in [-0.1, -0.05) is 90.7 Å². The van der Waals surface area contributed by atoms with E-state index in [1.165, 1.54) is 19.2 Å². The van der Waals surface area contributed by atoms with Crippen LogP contribution in [-0.4, -0.2) is 86.6 Å². The molecule has 0 saturated carbocycles. The lowest BCUT2D eigenvalue weighted by molar-refractivity contribution is -0.177. The van der Waals surface area contributed by atoms with Crippen LogP contribution < -0.4 is 15.1 Å². The van der Waals surface area contributed by atoms with Gasteiger partial charge in [0.15, 0.2) is 0 Å². The summed E-state index contributed by atoms with van der Waals surface area (Å²) in [6.45, 7) is 2.56. The number of hydrogen-bond donors (Lipinski definition) is 2. The summed E-state index contributed by atoms with van der Waals surface area (Å²) in [5.74, 6) is 3.01. The molecule has 346 valence electrons. The number of carbonyl (C=O) groups excluding carboxylic acids is 4. The van der Waals surface area contributed by atoms with Crippen LogP contribution in [0.1, 0.15) is 71.7 Å². The third-order valence-electron chi connectivity index (χ3n) is 13.8. The number of phenolic OH excluding ortho intramolecular Hbond substituents is 1. The van der Waals surface area contributed by atoms with E-state index in [2.05, 4.69) is 28.1 Å². The van der Waals surface area contributed by atoms with Crippen LogP contribution in [-0.2, 0) is 38.7 Å². The van der Waals surface area contributed by atoms with Gasteiger partial charge >= 0.3 is 12.1 Å². The van der Waals surface area contributed by atoms with Gasteiger partial charge in [-0.3, -0.25) is 19.3 Å². The Labute approximate surface area is 395 Å². The van der Waals surface area contributed by atoms with Crippen molar-refractivity contribution in [2.45, 2.75) is 55.3 Å². The molecule has 0 unspecified atom stereocenters. The number of nitrogens with one attached hydrogen (secondary N) is 1. The van der Waals surface area contributed by atoms with Crippen LogP contribution in [0.25, 0.3) is 0 Å². The molecule has 13 nitrogen and oxygen atoms in total. The Morgan fingerprint density at radius 3 is 2.22 bits per heavy atom. The van der Waals surface area contributed by atoms with E-state index in [9.17, 15) is 9.90 Å². The van der Waals surface area contributed by atoms with Crippen molar-refractivity contribution in [2.24, 2.45) is 5.92 Å². The number of hydrogen-bond acceptors (Lipinski definition) is 11. The van der Waals surface area contributed by atoms with E-state index in [4.69, 9.17) is 18.9 Å². The van der Waals surface area contributed by atoms with E-state index >= 15 is 14.4 Å². The van der Waals surface area contributed by atoms with Crippen molar-refractivity contribution >= 4 is 40.9 Å². The van der Waals surface area contributed by atoms with Gasteiger partial charge in [-0.15, -0.1) is 0 Å². The van der Waals surface area contributed by atoms with Crippen LogP contribution in [0.5, 0.6) is 5.75 Å². The number of fused-ring (bicyclic) bond motifs is 3. The molecule has 13 heteroatoms. The number of morpholine rings is 2. The van der Waals surface area contributed by atoms with Gasteiger partial charge in [0.05, 0.1) is 43.5 Å². The van der Waals surface area contributed by atoms with Crippen molar-refractivity contribution in [3.05, 3.63) is 167 Å². The SMILES string of the molecule is COCCOC(=O)N1C(=O)[C@@]2(c3cc(C#CC4=CCCCC4)ccc31)[C@H](c1ccc(O)cc1)N1[C@H](c3ccccc3)[C@H](c3ccccc3)OC(=O)[C@H]1[C@@H]2C(=O)Nc1ccc(N2CCOCC2)cc1. The number of ether oxygens (including phenoxy) is 4. The summed E-state index contributed by atoms with van der Waals surface area (Å²) >= 11 is 0. The average Bonchev–Trinajstić information content (AvgIpc) is 3.83. The Balaban J connectivity index is 1.22. The second kappa shape index (κ2) is 19.2. The normalized spacial score (nSPS) is 24.3. The number of aromatic hydroxyl groups is 1. The summed E-state index contributed by atoms with van der Waals surface area (Å²) in [6.07, 6.45) is 4.20. The second-order valence-corrected chi connectivity index (χ2v) is 17.7. The van der Waals surface area contributed by atoms with Crippen molar-refractivity contribution in [3.8, 4) is 17.6 Å². The third kappa shape index (κ3) is 8.08. The van der Waals surface area contributed by atoms with Gasteiger partial charge in [-0.25, -0.2) is 9.69 Å². The quantitative estimate of drug-likeness (QED) is 0.0839. The Kier molecular flexibility index (Phi) is 12.6. The van der Waals surface area contributed by atoms with Gasteiger partial charge in [0.1, 0.15) is 29.9 Å². The maximum Gasteiger partial charge on any atom is 0.421 e. The van der Waals surface area contributed by atoms with Crippen molar-refractivity contribution < 1.29 is 43.2 Å². The van der Waals surface area contributed by atoms with E-state index in [1.807, 2.05) is 77.7 Å². The Bertz CT molecular complexity index is 2780. The summed E-state index contributed by atoms with van der Waals surface area (Å²) < 4.78 is 23.1. The average molecular weight is 913 g/mol. The van der Waals surface area contributed by atoms with Gasteiger partial charge in [0.2, 0.25) is 11.8 Å². The fraction of sp³-hybridized carbons (Fsp3) is 0.309.